The molecule has 0 spiro atoms. The van der Waals surface area contributed by atoms with Crippen molar-refractivity contribution in [3.8, 4) is 5.69 Å². The van der Waals surface area contributed by atoms with Crippen LogP contribution in [-0.4, -0.2) is 44.2 Å². The van der Waals surface area contributed by atoms with Crippen molar-refractivity contribution in [2.75, 3.05) is 17.3 Å². The first-order valence-electron chi connectivity index (χ1n) is 6.20. The molecule has 1 aromatic heterocycles. The van der Waals surface area contributed by atoms with Crippen LogP contribution in [0, 0.1) is 0 Å². The van der Waals surface area contributed by atoms with Crippen molar-refractivity contribution >= 4 is 35.0 Å². The van der Waals surface area contributed by atoms with Gasteiger partial charge < -0.3 is 11.1 Å². The molecule has 3 N–H and O–H groups in total. The van der Waals surface area contributed by atoms with Crippen molar-refractivity contribution in [2.24, 2.45) is 5.73 Å². The highest BCUT2D eigenvalue weighted by Gasteiger charge is 2.15. The van der Waals surface area contributed by atoms with E-state index in [4.69, 9.17) is 17.3 Å². The Morgan fingerprint density at radius 2 is 2.38 bits per heavy atom. The van der Waals surface area contributed by atoms with E-state index in [0.717, 1.165) is 5.75 Å². The minimum atomic E-state index is -0.565. The second kappa shape index (κ2) is 7.39. The van der Waals surface area contributed by atoms with Gasteiger partial charge in [-0.3, -0.25) is 4.79 Å². The van der Waals surface area contributed by atoms with Gasteiger partial charge in [0.2, 0.25) is 5.91 Å². The Morgan fingerprint density at radius 1 is 1.57 bits per heavy atom. The third-order valence-electron chi connectivity index (χ3n) is 2.79. The molecular formula is C12H15ClN6OS. The number of rotatable bonds is 6. The maximum Gasteiger partial charge on any atom is 0.241 e. The molecule has 1 aromatic carbocycles. The van der Waals surface area contributed by atoms with Crippen LogP contribution in [0.15, 0.2) is 24.5 Å². The molecule has 1 heterocycles. The predicted octanol–water partition coefficient (Wildman–Crippen LogP) is 1.33. The van der Waals surface area contributed by atoms with Gasteiger partial charge in [-0.05, 0) is 47.1 Å². The summed E-state index contributed by atoms with van der Waals surface area (Å²) in [6, 6.07) is 4.55. The van der Waals surface area contributed by atoms with Crippen molar-refractivity contribution < 1.29 is 4.79 Å². The van der Waals surface area contributed by atoms with Crippen molar-refractivity contribution in [3.05, 3.63) is 29.5 Å². The number of nitrogens with two attached hydrogens (primary N) is 1. The van der Waals surface area contributed by atoms with Crippen LogP contribution in [0.3, 0.4) is 0 Å². The Hall–Kier alpha value is -1.64. The number of carbonyl (C=O) groups excluding carboxylic acids is 1. The number of hydrogen-bond acceptors (Lipinski definition) is 6. The number of benzene rings is 1. The summed E-state index contributed by atoms with van der Waals surface area (Å²) in [6.07, 6.45) is 4.04. The van der Waals surface area contributed by atoms with Crippen LogP contribution in [0.4, 0.5) is 5.69 Å². The molecule has 0 bridgehead atoms. The Balaban J connectivity index is 2.12. The molecule has 0 radical (unpaired) electrons. The molecule has 9 heteroatoms. The summed E-state index contributed by atoms with van der Waals surface area (Å²) < 4.78 is 1.47. The molecule has 2 rings (SSSR count). The maximum atomic E-state index is 12.0. The highest BCUT2D eigenvalue weighted by Crippen LogP contribution is 2.24. The summed E-state index contributed by atoms with van der Waals surface area (Å²) in [5.41, 5.74) is 7.00. The average Bonchev–Trinajstić information content (AvgIpc) is 3.01. The monoisotopic (exact) mass is 326 g/mol. The van der Waals surface area contributed by atoms with Gasteiger partial charge in [0, 0.05) is 0 Å². The molecule has 1 amide bonds. The van der Waals surface area contributed by atoms with Crippen LogP contribution >= 0.6 is 23.4 Å². The fourth-order valence-corrected chi connectivity index (χ4v) is 2.29. The first kappa shape index (κ1) is 15.7. The third kappa shape index (κ3) is 4.16. The molecule has 0 saturated carbocycles. The molecule has 2 aromatic rings. The molecule has 0 aliphatic rings. The lowest BCUT2D eigenvalue weighted by Gasteiger charge is -2.13. The first-order valence-corrected chi connectivity index (χ1v) is 7.97. The van der Waals surface area contributed by atoms with Gasteiger partial charge in [-0.2, -0.15) is 11.8 Å². The Bertz CT molecular complexity index is 606. The van der Waals surface area contributed by atoms with Crippen LogP contribution in [0.2, 0.25) is 5.02 Å². The Morgan fingerprint density at radius 3 is 3.05 bits per heavy atom. The number of halogens is 1. The predicted molar refractivity (Wildman–Crippen MR) is 83.8 cm³/mol. The summed E-state index contributed by atoms with van der Waals surface area (Å²) >= 11 is 7.74. The second-order valence-electron chi connectivity index (χ2n) is 4.30. The van der Waals surface area contributed by atoms with Crippen molar-refractivity contribution in [1.29, 1.82) is 0 Å². The number of amides is 1. The van der Waals surface area contributed by atoms with Gasteiger partial charge in [-0.25, -0.2) is 4.68 Å². The molecule has 0 aliphatic heterocycles. The van der Waals surface area contributed by atoms with Crippen molar-refractivity contribution in [1.82, 2.24) is 20.2 Å². The highest BCUT2D eigenvalue weighted by atomic mass is 35.5. The fraction of sp³-hybridized carbons (Fsp3) is 0.333. The summed E-state index contributed by atoms with van der Waals surface area (Å²) in [7, 11) is 0. The van der Waals surface area contributed by atoms with Gasteiger partial charge in [0.1, 0.15) is 6.33 Å². The number of tetrazole rings is 1. The molecule has 0 fully saturated rings. The van der Waals surface area contributed by atoms with Gasteiger partial charge in [-0.1, -0.05) is 11.6 Å². The van der Waals surface area contributed by atoms with E-state index in [9.17, 15) is 4.79 Å². The number of nitrogens with zero attached hydrogens (tertiary/aromatic N) is 4. The van der Waals surface area contributed by atoms with Gasteiger partial charge in [0.25, 0.3) is 0 Å². The number of nitrogens with one attached hydrogen (secondary N) is 1. The number of aromatic nitrogens is 4. The Kier molecular flexibility index (Phi) is 5.54. The van der Waals surface area contributed by atoms with Crippen molar-refractivity contribution in [2.45, 2.75) is 12.5 Å². The molecule has 7 nitrogen and oxygen atoms in total. The van der Waals surface area contributed by atoms with E-state index in [1.165, 1.54) is 11.0 Å². The second-order valence-corrected chi connectivity index (χ2v) is 5.69. The van der Waals surface area contributed by atoms with Gasteiger partial charge >= 0.3 is 0 Å². The summed E-state index contributed by atoms with van der Waals surface area (Å²) in [4.78, 5) is 12.0. The maximum absolute atomic E-state index is 12.0. The number of anilines is 1. The van der Waals surface area contributed by atoms with Crippen LogP contribution in [0.1, 0.15) is 6.42 Å². The molecule has 1 atom stereocenters. The van der Waals surface area contributed by atoms with Crippen molar-refractivity contribution in [3.63, 3.8) is 0 Å². The van der Waals surface area contributed by atoms with E-state index < -0.39 is 6.04 Å². The van der Waals surface area contributed by atoms with E-state index >= 15 is 0 Å². The Labute approximate surface area is 131 Å². The topological polar surface area (TPSA) is 98.7 Å². The fourth-order valence-electron chi connectivity index (χ4n) is 1.63. The molecule has 0 unspecified atom stereocenters. The third-order valence-corrected chi connectivity index (χ3v) is 3.76. The van der Waals surface area contributed by atoms with Crippen LogP contribution in [0.25, 0.3) is 5.69 Å². The SMILES string of the molecule is CSCC[C@@H](N)C(=O)Nc1cc(-n2cnnn2)ccc1Cl. The average molecular weight is 327 g/mol. The van der Waals surface area contributed by atoms with Crippen LogP contribution in [0.5, 0.6) is 0 Å². The zero-order valence-electron chi connectivity index (χ0n) is 11.4. The van der Waals surface area contributed by atoms with E-state index in [0.29, 0.717) is 22.8 Å². The standard InChI is InChI=1S/C12H15ClN6OS/c1-21-5-4-10(14)12(20)16-11-6-8(2-3-9(11)13)19-7-15-17-18-19/h2-3,6-7,10H,4-5,14H2,1H3,(H,16,20)/t10-/m1/s1. The van der Waals surface area contributed by atoms with Gasteiger partial charge in [0.05, 0.1) is 22.4 Å². The van der Waals surface area contributed by atoms with Crippen LogP contribution < -0.4 is 11.1 Å². The highest BCUT2D eigenvalue weighted by molar-refractivity contribution is 7.98. The molecule has 112 valence electrons. The lowest BCUT2D eigenvalue weighted by atomic mass is 10.2. The zero-order valence-corrected chi connectivity index (χ0v) is 12.9. The minimum Gasteiger partial charge on any atom is -0.323 e. The summed E-state index contributed by atoms with van der Waals surface area (Å²) in [5.74, 6) is 0.562. The lowest BCUT2D eigenvalue weighted by molar-refractivity contribution is -0.117. The van der Waals surface area contributed by atoms with E-state index in [2.05, 4.69) is 20.8 Å². The van der Waals surface area contributed by atoms with E-state index in [1.54, 1.807) is 30.0 Å². The smallest absolute Gasteiger partial charge is 0.241 e. The van der Waals surface area contributed by atoms with Crippen LogP contribution in [-0.2, 0) is 4.79 Å². The molecule has 21 heavy (non-hydrogen) atoms. The van der Waals surface area contributed by atoms with E-state index in [-0.39, 0.29) is 5.91 Å². The normalized spacial score (nSPS) is 12.1. The zero-order chi connectivity index (χ0) is 15.2. The van der Waals surface area contributed by atoms with E-state index in [1.807, 2.05) is 6.26 Å². The first-order chi connectivity index (χ1) is 10.1. The largest absolute Gasteiger partial charge is 0.323 e. The van der Waals surface area contributed by atoms with Gasteiger partial charge in [0.15, 0.2) is 0 Å². The molecule has 0 aliphatic carbocycles. The number of carbonyl (C=O) groups is 1. The summed E-state index contributed by atoms with van der Waals surface area (Å²) in [5, 5.41) is 14.1. The number of thioether (sulfide) groups is 1. The minimum absolute atomic E-state index is 0.264. The van der Waals surface area contributed by atoms with Gasteiger partial charge in [-0.15, -0.1) is 5.10 Å². The quantitative estimate of drug-likeness (QED) is 0.831. The summed E-state index contributed by atoms with van der Waals surface area (Å²) in [6.45, 7) is 0. The lowest BCUT2D eigenvalue weighted by Crippen LogP contribution is -2.36. The number of hydrogen-bond donors (Lipinski definition) is 2. The molecular weight excluding hydrogens is 312 g/mol. The molecule has 0 saturated heterocycles.